The van der Waals surface area contributed by atoms with Crippen LogP contribution in [0.1, 0.15) is 31.9 Å². The first kappa shape index (κ1) is 18.3. The summed E-state index contributed by atoms with van der Waals surface area (Å²) in [6, 6.07) is 3.16. The highest BCUT2D eigenvalue weighted by atomic mass is 127. The second kappa shape index (κ2) is 8.01. The van der Waals surface area contributed by atoms with Crippen molar-refractivity contribution in [2.75, 3.05) is 0 Å². The number of rotatable bonds is 2. The van der Waals surface area contributed by atoms with Gasteiger partial charge in [0.15, 0.2) is 0 Å². The summed E-state index contributed by atoms with van der Waals surface area (Å²) in [6.45, 7) is 5.40. The first-order chi connectivity index (χ1) is 9.73. The zero-order valence-corrected chi connectivity index (χ0v) is 15.5. The average Bonchev–Trinajstić information content (AvgIpc) is 2.33. The van der Waals surface area contributed by atoms with Crippen LogP contribution in [-0.4, -0.2) is 16.8 Å². The van der Waals surface area contributed by atoms with Gasteiger partial charge in [-0.1, -0.05) is 17.5 Å². The number of phenolic OH excluding ortho intramolecular Hbond substituents is 1. The Labute approximate surface area is 145 Å². The summed E-state index contributed by atoms with van der Waals surface area (Å²) >= 11 is 8.16. The molecular weight excluding hydrogens is 425 g/mol. The minimum atomic E-state index is -0.577. The van der Waals surface area contributed by atoms with Gasteiger partial charge in [-0.3, -0.25) is 0 Å². The lowest BCUT2D eigenvalue weighted by Crippen LogP contribution is -2.32. The van der Waals surface area contributed by atoms with E-state index < -0.39 is 11.7 Å². The molecule has 0 spiro atoms. The fraction of sp³-hybridized carbons (Fsp3) is 0.357. The summed E-state index contributed by atoms with van der Waals surface area (Å²) in [6.07, 6.45) is -0.567. The molecule has 0 saturated carbocycles. The predicted molar refractivity (Wildman–Crippen MR) is 94.7 cm³/mol. The first-order valence-corrected chi connectivity index (χ1v) is 9.73. The highest BCUT2D eigenvalue weighted by Crippen LogP contribution is 2.27. The van der Waals surface area contributed by atoms with Crippen LogP contribution in [-0.2, 0) is 11.3 Å². The van der Waals surface area contributed by atoms with Crippen LogP contribution in [0.2, 0.25) is 5.02 Å². The number of carbonyl (C=O) groups excluding carboxylic acids is 1. The van der Waals surface area contributed by atoms with E-state index in [0.717, 1.165) is 0 Å². The Bertz CT molecular complexity index is 567. The van der Waals surface area contributed by atoms with Gasteiger partial charge in [-0.25, -0.2) is 4.79 Å². The zero-order valence-electron chi connectivity index (χ0n) is 11.8. The molecule has 1 aromatic carbocycles. The molecule has 0 unspecified atom stereocenters. The summed E-state index contributed by atoms with van der Waals surface area (Å²) in [4.78, 5) is 11.6. The molecule has 0 radical (unpaired) electrons. The van der Waals surface area contributed by atoms with Crippen LogP contribution in [0.4, 0.5) is 4.79 Å². The summed E-state index contributed by atoms with van der Waals surface area (Å²) in [5.74, 6) is 2.84. The molecule has 21 heavy (non-hydrogen) atoms. The van der Waals surface area contributed by atoms with E-state index >= 15 is 0 Å². The number of aromatic hydroxyl groups is 1. The number of benzene rings is 1. The monoisotopic (exact) mass is 439 g/mol. The number of hydrogen-bond acceptors (Lipinski definition) is 4. The van der Waals surface area contributed by atoms with Crippen molar-refractivity contribution in [3.8, 4) is 16.9 Å². The first-order valence-electron chi connectivity index (χ1n) is 6.00. The molecule has 1 rings (SSSR count). The zero-order chi connectivity index (χ0) is 16.0. The maximum atomic E-state index is 11.6. The Morgan fingerprint density at radius 3 is 2.71 bits per heavy atom. The molecule has 114 valence electrons. The number of amides is 1. The van der Waals surface area contributed by atoms with Crippen molar-refractivity contribution in [1.29, 1.82) is 0 Å². The van der Waals surface area contributed by atoms with E-state index in [9.17, 15) is 9.90 Å². The molecule has 0 bridgehead atoms. The second-order valence-corrected chi connectivity index (χ2v) is 7.20. The smallest absolute Gasteiger partial charge is 0.407 e. The van der Waals surface area contributed by atoms with E-state index in [2.05, 4.69) is 37.7 Å². The van der Waals surface area contributed by atoms with E-state index in [1.807, 2.05) is 0 Å². The van der Waals surface area contributed by atoms with Crippen LogP contribution >= 0.6 is 41.7 Å². The number of phenols is 1. The molecule has 0 atom stereocenters. The van der Waals surface area contributed by atoms with Gasteiger partial charge in [0, 0.05) is 32.3 Å². The number of alkyl carbamates (subject to hydrolysis) is 1. The van der Waals surface area contributed by atoms with Crippen LogP contribution in [0, 0.1) is 11.2 Å². The predicted octanol–water partition coefficient (Wildman–Crippen LogP) is 4.46. The number of carbonyl (C=O) groups is 1. The molecule has 4 nitrogen and oxygen atoms in total. The lowest BCUT2D eigenvalue weighted by atomic mass is 10.1. The third kappa shape index (κ3) is 6.68. The number of nitrogens with one attached hydrogen (secondary N) is 1. The fourth-order valence-corrected chi connectivity index (χ4v) is 2.19. The Balaban J connectivity index is 2.79. The van der Waals surface area contributed by atoms with Gasteiger partial charge in [0.1, 0.15) is 11.4 Å². The van der Waals surface area contributed by atoms with E-state index in [4.69, 9.17) is 16.3 Å². The van der Waals surface area contributed by atoms with Crippen LogP contribution in [0.25, 0.3) is 0 Å². The van der Waals surface area contributed by atoms with Gasteiger partial charge < -0.3 is 15.2 Å². The number of halogens is 2. The number of hydrogen-bond donors (Lipinski definition) is 2. The van der Waals surface area contributed by atoms with E-state index in [-0.39, 0.29) is 12.3 Å². The lowest BCUT2D eigenvalue weighted by Gasteiger charge is -2.20. The highest BCUT2D eigenvalue weighted by molar-refractivity contribution is 14.2. The Hall–Kier alpha value is -0.780. The molecule has 0 saturated heterocycles. The van der Waals surface area contributed by atoms with Crippen LogP contribution in [0.15, 0.2) is 12.1 Å². The van der Waals surface area contributed by atoms with Crippen molar-refractivity contribution in [3.05, 3.63) is 28.3 Å². The molecule has 1 amide bonds. The Kier molecular flexibility index (Phi) is 6.97. The molecular formula is C14H15ClINO3S. The van der Waals surface area contributed by atoms with Crippen molar-refractivity contribution >= 4 is 47.8 Å². The van der Waals surface area contributed by atoms with Crippen LogP contribution in [0.3, 0.4) is 0 Å². The van der Waals surface area contributed by atoms with Gasteiger partial charge in [0.05, 0.1) is 11.6 Å². The van der Waals surface area contributed by atoms with Crippen molar-refractivity contribution in [2.24, 2.45) is 0 Å². The van der Waals surface area contributed by atoms with E-state index in [1.165, 1.54) is 15.0 Å². The van der Waals surface area contributed by atoms with Crippen LogP contribution < -0.4 is 5.32 Å². The summed E-state index contributed by atoms with van der Waals surface area (Å²) < 4.78 is 5.12. The lowest BCUT2D eigenvalue weighted by molar-refractivity contribution is 0.0523. The topological polar surface area (TPSA) is 58.6 Å². The quantitative estimate of drug-likeness (QED) is 0.527. The summed E-state index contributed by atoms with van der Waals surface area (Å²) in [5, 5.41) is 15.7. The minimum Gasteiger partial charge on any atom is -0.508 e. The Morgan fingerprint density at radius 2 is 2.19 bits per heavy atom. The maximum absolute atomic E-state index is 11.6. The van der Waals surface area contributed by atoms with E-state index in [0.29, 0.717) is 16.1 Å². The molecule has 1 aromatic rings. The molecule has 0 aromatic heterocycles. The van der Waals surface area contributed by atoms with Gasteiger partial charge in [-0.05, 0) is 47.1 Å². The fourth-order valence-electron chi connectivity index (χ4n) is 1.42. The maximum Gasteiger partial charge on any atom is 0.407 e. The molecule has 0 aliphatic carbocycles. The van der Waals surface area contributed by atoms with Crippen molar-refractivity contribution in [2.45, 2.75) is 32.9 Å². The SMILES string of the molecule is CC(C)(C)OC(=O)NCc1c(O)cc(C#CSI)cc1Cl. The van der Waals surface area contributed by atoms with Crippen molar-refractivity contribution in [1.82, 2.24) is 5.32 Å². The summed E-state index contributed by atoms with van der Waals surface area (Å²) in [7, 11) is 1.34. The third-order valence-corrected chi connectivity index (χ3v) is 3.39. The molecule has 0 heterocycles. The Morgan fingerprint density at radius 1 is 1.52 bits per heavy atom. The normalized spacial score (nSPS) is 10.5. The van der Waals surface area contributed by atoms with Gasteiger partial charge in [-0.15, -0.1) is 0 Å². The second-order valence-electron chi connectivity index (χ2n) is 5.12. The standard InChI is InChI=1S/C14H15ClINO3S/c1-14(2,3)20-13(19)17-8-10-11(15)6-9(4-5-21-16)7-12(10)18/h6-7,18H,8H2,1-3H3,(H,17,19). The van der Waals surface area contributed by atoms with Gasteiger partial charge >= 0.3 is 6.09 Å². The molecule has 0 fully saturated rings. The van der Waals surface area contributed by atoms with Gasteiger partial charge in [-0.2, -0.15) is 0 Å². The summed E-state index contributed by atoms with van der Waals surface area (Å²) in [5.41, 5.74) is 0.463. The van der Waals surface area contributed by atoms with Crippen molar-refractivity contribution < 1.29 is 14.6 Å². The van der Waals surface area contributed by atoms with E-state index in [1.54, 1.807) is 26.8 Å². The van der Waals surface area contributed by atoms with Crippen molar-refractivity contribution in [3.63, 3.8) is 0 Å². The largest absolute Gasteiger partial charge is 0.508 e. The molecule has 0 aliphatic heterocycles. The van der Waals surface area contributed by atoms with Gasteiger partial charge in [0.25, 0.3) is 0 Å². The molecule has 0 aliphatic rings. The molecule has 7 heteroatoms. The number of ether oxygens (including phenoxy) is 1. The third-order valence-electron chi connectivity index (χ3n) is 2.21. The average molecular weight is 440 g/mol. The minimum absolute atomic E-state index is 0.0127. The van der Waals surface area contributed by atoms with Gasteiger partial charge in [0.2, 0.25) is 0 Å². The van der Waals surface area contributed by atoms with Crippen LogP contribution in [0.5, 0.6) is 5.75 Å². The molecule has 2 N–H and O–H groups in total. The highest BCUT2D eigenvalue weighted by Gasteiger charge is 2.17.